The maximum Gasteiger partial charge on any atom is 1.00 e. The van der Waals surface area contributed by atoms with Crippen molar-refractivity contribution >= 4 is 0 Å². The van der Waals surface area contributed by atoms with Crippen LogP contribution >= 0.6 is 0 Å². The molecule has 8 heteroatoms. The topological polar surface area (TPSA) is 83.9 Å². The Labute approximate surface area is 238 Å². The monoisotopic (exact) mass is 456 g/mol. The van der Waals surface area contributed by atoms with E-state index in [2.05, 4.69) is 60.5 Å². The van der Waals surface area contributed by atoms with Gasteiger partial charge in [-0.3, -0.25) is 0 Å². The zero-order valence-corrected chi connectivity index (χ0v) is 24.4. The van der Waals surface area contributed by atoms with Gasteiger partial charge < -0.3 is 12.7 Å². The Morgan fingerprint density at radius 2 is 1.78 bits per heavy atom. The Morgan fingerprint density at radius 1 is 1.06 bits per heavy atom. The van der Waals surface area contributed by atoms with E-state index in [0.717, 1.165) is 60.4 Å². The Kier molecular flexibility index (Phi) is 12.5. The van der Waals surface area contributed by atoms with E-state index < -0.39 is 0 Å². The van der Waals surface area contributed by atoms with E-state index in [9.17, 15) is 5.11 Å². The number of aromatic amines is 1. The minimum absolute atomic E-state index is 0. The molecule has 0 atom stereocenters. The van der Waals surface area contributed by atoms with Crippen LogP contribution in [-0.4, -0.2) is 32.3 Å². The molecule has 3 rings (SSSR count). The Hall–Kier alpha value is -0.890. The number of H-pyrrole nitrogens is 1. The third kappa shape index (κ3) is 7.86. The van der Waals surface area contributed by atoms with E-state index in [0.29, 0.717) is 6.61 Å². The van der Waals surface area contributed by atoms with Gasteiger partial charge >= 0.3 is 59.1 Å². The average molecular weight is 457 g/mol. The molecule has 164 valence electrons. The smallest absolute Gasteiger partial charge is 1.00 e. The summed E-state index contributed by atoms with van der Waals surface area (Å²) >= 11 is 0. The van der Waals surface area contributed by atoms with Crippen LogP contribution in [0.3, 0.4) is 0 Å². The summed E-state index contributed by atoms with van der Waals surface area (Å²) in [7, 11) is 0. The average Bonchev–Trinajstić information content (AvgIpc) is 3.27. The van der Waals surface area contributed by atoms with Crippen molar-refractivity contribution in [2.45, 2.75) is 65.2 Å². The molecule has 0 saturated heterocycles. The molecule has 1 heterocycles. The van der Waals surface area contributed by atoms with Gasteiger partial charge in [0.15, 0.2) is 5.82 Å². The van der Waals surface area contributed by atoms with E-state index in [1.165, 1.54) is 5.56 Å². The zero-order chi connectivity index (χ0) is 21.6. The van der Waals surface area contributed by atoms with Crippen LogP contribution < -0.4 is 63.9 Å². The first-order chi connectivity index (χ1) is 14.4. The second kappa shape index (κ2) is 13.7. The number of hydrogen-bond acceptors (Lipinski definition) is 5. The van der Waals surface area contributed by atoms with Crippen molar-refractivity contribution in [3.63, 3.8) is 0 Å². The number of aromatic nitrogens is 4. The molecule has 6 nitrogen and oxygen atoms in total. The Morgan fingerprint density at radius 3 is 2.41 bits per heavy atom. The number of hydrogen-bond donors (Lipinski definition) is 2. The van der Waals surface area contributed by atoms with Crippen molar-refractivity contribution in [3.8, 4) is 22.6 Å². The fourth-order valence-corrected chi connectivity index (χ4v) is 3.58. The number of rotatable bonds is 10. The largest absolute Gasteiger partial charge is 1.00 e. The van der Waals surface area contributed by atoms with Crippen LogP contribution in [0.15, 0.2) is 36.4 Å². The number of nitrogens with zero attached hydrogens (tertiary/aromatic N) is 3. The van der Waals surface area contributed by atoms with Gasteiger partial charge in [-0.05, 0) is 43.4 Å². The fourth-order valence-electron chi connectivity index (χ4n) is 3.58. The van der Waals surface area contributed by atoms with Crippen molar-refractivity contribution in [1.82, 2.24) is 20.6 Å². The number of nitrogens with one attached hydrogen (secondary N) is 1. The maximum atomic E-state index is 10.6. The molecule has 0 aliphatic heterocycles. The van der Waals surface area contributed by atoms with Gasteiger partial charge in [0.25, 0.3) is 0 Å². The van der Waals surface area contributed by atoms with Gasteiger partial charge in [0.2, 0.25) is 0 Å². The van der Waals surface area contributed by atoms with Crippen LogP contribution in [-0.2, 0) is 11.8 Å². The van der Waals surface area contributed by atoms with Gasteiger partial charge in [-0.1, -0.05) is 68.7 Å². The van der Waals surface area contributed by atoms with Gasteiger partial charge in [0.1, 0.15) is 11.5 Å². The number of unbranched alkanes of at least 4 members (excludes halogenated alkanes) is 2. The number of aromatic hydroxyl groups is 1. The van der Waals surface area contributed by atoms with Gasteiger partial charge in [0, 0.05) is 17.0 Å². The molecule has 0 radical (unpaired) electrons. The van der Waals surface area contributed by atoms with Gasteiger partial charge in [-0.25, -0.2) is 0 Å². The summed E-state index contributed by atoms with van der Waals surface area (Å²) < 4.78 is 6.02. The van der Waals surface area contributed by atoms with E-state index in [1.54, 1.807) is 6.07 Å². The Bertz CT molecular complexity index is 956. The maximum absolute atomic E-state index is 10.6. The van der Waals surface area contributed by atoms with Crippen molar-refractivity contribution in [2.24, 2.45) is 0 Å². The molecule has 0 amide bonds. The predicted octanol–water partition coefficient (Wildman–Crippen LogP) is -0.407. The first-order valence-electron chi connectivity index (χ1n) is 10.7. The minimum Gasteiger partial charge on any atom is -1.00 e. The van der Waals surface area contributed by atoms with Crippen molar-refractivity contribution < 1.29 is 71.8 Å². The third-order valence-electron chi connectivity index (χ3n) is 5.58. The quantitative estimate of drug-likeness (QED) is 0.320. The zero-order valence-electron chi connectivity index (χ0n) is 22.4. The molecule has 0 fully saturated rings. The molecule has 0 bridgehead atoms. The molecular weight excluding hydrogens is 422 g/mol. The van der Waals surface area contributed by atoms with Crippen molar-refractivity contribution in [2.75, 3.05) is 6.61 Å². The van der Waals surface area contributed by atoms with Crippen LogP contribution in [0, 0.1) is 6.92 Å². The number of benzene rings is 2. The van der Waals surface area contributed by atoms with Crippen LogP contribution in [0.1, 0.15) is 66.3 Å². The summed E-state index contributed by atoms with van der Waals surface area (Å²) in [5, 5.41) is 25.0. The second-order valence-electron chi connectivity index (χ2n) is 8.48. The molecule has 0 aliphatic rings. The first kappa shape index (κ1) is 29.1. The molecule has 0 saturated carbocycles. The number of phenolic OH excluding ortho intramolecular Hbond substituents is 1. The molecule has 1 aromatic heterocycles. The van der Waals surface area contributed by atoms with E-state index in [4.69, 9.17) is 4.74 Å². The fraction of sp³-hybridized carbons (Fsp3) is 0.458. The number of ether oxygens (including phenoxy) is 1. The number of aryl methyl sites for hydroxylation is 2. The SMILES string of the molecule is CCc1cc(-c2ccc(C)cc2)c(O)cc1OCCCCCC(C)(C)c1nn[nH]n1.[H-].[H-].[Na+].[Na+]. The summed E-state index contributed by atoms with van der Waals surface area (Å²) in [4.78, 5) is 0. The minimum atomic E-state index is -0.0825. The molecule has 0 spiro atoms. The normalized spacial score (nSPS) is 10.9. The number of phenols is 1. The molecule has 32 heavy (non-hydrogen) atoms. The first-order valence-corrected chi connectivity index (χ1v) is 10.7. The molecule has 2 N–H and O–H groups in total. The molecular formula is C24H34N4Na2O2. The summed E-state index contributed by atoms with van der Waals surface area (Å²) in [5.41, 5.74) is 4.10. The van der Waals surface area contributed by atoms with E-state index >= 15 is 0 Å². The summed E-state index contributed by atoms with van der Waals surface area (Å²) in [6, 6.07) is 12.0. The van der Waals surface area contributed by atoms with Gasteiger partial charge in [-0.15, -0.1) is 10.2 Å². The standard InChI is InChI=1S/C24H32N4O2.2Na.2H/c1-5-18-15-20(19-11-9-17(2)10-12-19)21(29)16-22(18)30-14-8-6-7-13-24(3,4)23-25-27-28-26-23;;;;/h9-12,15-16,29H,5-8,13-14H2,1-4H3,(H,25,26,27,28);;;;/q;2*+1;2*-1. The molecule has 0 unspecified atom stereocenters. The second-order valence-corrected chi connectivity index (χ2v) is 8.48. The Balaban J connectivity index is 0. The van der Waals surface area contributed by atoms with Crippen LogP contribution in [0.25, 0.3) is 11.1 Å². The van der Waals surface area contributed by atoms with Crippen LogP contribution in [0.2, 0.25) is 0 Å². The van der Waals surface area contributed by atoms with E-state index in [1.807, 2.05) is 18.2 Å². The summed E-state index contributed by atoms with van der Waals surface area (Å²) in [6.45, 7) is 9.09. The number of tetrazole rings is 1. The van der Waals surface area contributed by atoms with Crippen LogP contribution in [0.4, 0.5) is 0 Å². The van der Waals surface area contributed by atoms with Crippen molar-refractivity contribution in [3.05, 3.63) is 53.3 Å². The van der Waals surface area contributed by atoms with E-state index in [-0.39, 0.29) is 73.1 Å². The molecule has 3 aromatic rings. The molecule has 0 aliphatic carbocycles. The third-order valence-corrected chi connectivity index (χ3v) is 5.58. The van der Waals surface area contributed by atoms with Gasteiger partial charge in [0.05, 0.1) is 6.61 Å². The van der Waals surface area contributed by atoms with Gasteiger partial charge in [-0.2, -0.15) is 5.21 Å². The molecule has 2 aromatic carbocycles. The van der Waals surface area contributed by atoms with Crippen molar-refractivity contribution in [1.29, 1.82) is 0 Å². The predicted molar refractivity (Wildman–Crippen MR) is 121 cm³/mol. The summed E-state index contributed by atoms with van der Waals surface area (Å²) in [5.74, 6) is 1.79. The van der Waals surface area contributed by atoms with Crippen LogP contribution in [0.5, 0.6) is 11.5 Å². The summed E-state index contributed by atoms with van der Waals surface area (Å²) in [6.07, 6.45) is 4.96.